The molecule has 0 saturated carbocycles. The van der Waals surface area contributed by atoms with Gasteiger partial charge < -0.3 is 4.90 Å². The van der Waals surface area contributed by atoms with E-state index in [-0.39, 0.29) is 11.9 Å². The molecule has 2 aliphatic heterocycles. The number of thioether (sulfide) groups is 1. The summed E-state index contributed by atoms with van der Waals surface area (Å²) in [4.78, 5) is 19.9. The second-order valence-electron chi connectivity index (χ2n) is 7.48. The molecule has 2 saturated heterocycles. The van der Waals surface area contributed by atoms with Crippen LogP contribution in [0.3, 0.4) is 0 Å². The lowest BCUT2D eigenvalue weighted by molar-refractivity contribution is -0.138. The van der Waals surface area contributed by atoms with Gasteiger partial charge in [0.05, 0.1) is 0 Å². The second-order valence-corrected chi connectivity index (χ2v) is 8.71. The highest BCUT2D eigenvalue weighted by Crippen LogP contribution is 2.25. The minimum atomic E-state index is -0.177. The zero-order chi connectivity index (χ0) is 17.8. The van der Waals surface area contributed by atoms with E-state index in [1.54, 1.807) is 0 Å². The van der Waals surface area contributed by atoms with Gasteiger partial charge in [0, 0.05) is 43.7 Å². The van der Waals surface area contributed by atoms with Crippen molar-refractivity contribution in [2.24, 2.45) is 0 Å². The minimum absolute atomic E-state index is 0.177. The Morgan fingerprint density at radius 1 is 1.08 bits per heavy atom. The molecule has 138 valence electrons. The summed E-state index contributed by atoms with van der Waals surface area (Å²) in [6.07, 6.45) is 2.23. The third-order valence-corrected chi connectivity index (χ3v) is 6.42. The molecule has 0 bridgehead atoms. The third-order valence-electron chi connectivity index (χ3n) is 5.48. The number of likely N-dealkylation sites (N-methyl/N-ethyl adjacent to an activating group) is 1. The molecule has 1 unspecified atom stereocenters. The summed E-state index contributed by atoms with van der Waals surface area (Å²) in [5, 5.41) is 0. The predicted octanol–water partition coefficient (Wildman–Crippen LogP) is 2.64. The molecule has 0 N–H and O–H groups in total. The van der Waals surface area contributed by atoms with E-state index in [4.69, 9.17) is 0 Å². The van der Waals surface area contributed by atoms with Crippen LogP contribution in [0.1, 0.15) is 30.0 Å². The molecule has 5 heteroatoms. The van der Waals surface area contributed by atoms with Crippen molar-refractivity contribution in [1.82, 2.24) is 14.7 Å². The van der Waals surface area contributed by atoms with Gasteiger partial charge >= 0.3 is 0 Å². The number of rotatable bonds is 4. The molecule has 0 spiro atoms. The highest BCUT2D eigenvalue weighted by Gasteiger charge is 2.32. The second kappa shape index (κ2) is 8.56. The molecular weight excluding hydrogens is 330 g/mol. The quantitative estimate of drug-likeness (QED) is 0.824. The Bertz CT molecular complexity index is 561. The fraction of sp³-hybridized carbons (Fsp3) is 0.650. The monoisotopic (exact) mass is 361 g/mol. The van der Waals surface area contributed by atoms with Crippen molar-refractivity contribution >= 4 is 17.7 Å². The largest absolute Gasteiger partial charge is 0.341 e. The third kappa shape index (κ3) is 4.57. The summed E-state index contributed by atoms with van der Waals surface area (Å²) in [6.45, 7) is 6.30. The number of hydrogen-bond donors (Lipinski definition) is 0. The van der Waals surface area contributed by atoms with Crippen LogP contribution in [0.25, 0.3) is 0 Å². The Labute approximate surface area is 156 Å². The summed E-state index contributed by atoms with van der Waals surface area (Å²) in [7, 11) is 4.00. The maximum atomic E-state index is 13.2. The lowest BCUT2D eigenvalue weighted by Gasteiger charge is -2.41. The number of benzene rings is 1. The number of nitrogens with zero attached hydrogens (tertiary/aromatic N) is 3. The number of hydrogen-bond acceptors (Lipinski definition) is 4. The molecule has 25 heavy (non-hydrogen) atoms. The normalized spacial score (nSPS) is 21.5. The maximum Gasteiger partial charge on any atom is 0.244 e. The molecule has 2 fully saturated rings. The van der Waals surface area contributed by atoms with Crippen molar-refractivity contribution in [2.75, 3.05) is 51.8 Å². The topological polar surface area (TPSA) is 26.8 Å². The van der Waals surface area contributed by atoms with Gasteiger partial charge in [-0.15, -0.1) is 0 Å². The van der Waals surface area contributed by atoms with E-state index in [0.717, 1.165) is 31.5 Å². The van der Waals surface area contributed by atoms with Crippen LogP contribution in [0.4, 0.5) is 0 Å². The molecule has 1 amide bonds. The van der Waals surface area contributed by atoms with Crippen molar-refractivity contribution < 1.29 is 4.79 Å². The first-order valence-corrected chi connectivity index (χ1v) is 10.6. The van der Waals surface area contributed by atoms with Crippen LogP contribution >= 0.6 is 11.8 Å². The van der Waals surface area contributed by atoms with Gasteiger partial charge in [0.2, 0.25) is 5.91 Å². The van der Waals surface area contributed by atoms with Crippen LogP contribution in [0, 0.1) is 6.92 Å². The SMILES string of the molecule is Cc1ccc(C(C(=O)N2CCC(N3CCSCC3)CC2)N(C)C)cc1. The van der Waals surface area contributed by atoms with E-state index < -0.39 is 0 Å². The van der Waals surface area contributed by atoms with Crippen molar-refractivity contribution in [2.45, 2.75) is 31.8 Å². The first-order chi connectivity index (χ1) is 12.1. The number of piperidine rings is 1. The molecule has 0 aliphatic carbocycles. The Morgan fingerprint density at radius 2 is 1.68 bits per heavy atom. The predicted molar refractivity (Wildman–Crippen MR) is 106 cm³/mol. The summed E-state index contributed by atoms with van der Waals surface area (Å²) in [5.41, 5.74) is 2.32. The average molecular weight is 362 g/mol. The molecule has 1 atom stereocenters. The molecule has 4 nitrogen and oxygen atoms in total. The zero-order valence-electron chi connectivity index (χ0n) is 15.8. The lowest BCUT2D eigenvalue weighted by atomic mass is 9.99. The van der Waals surface area contributed by atoms with Gasteiger partial charge in [0.15, 0.2) is 0 Å². The van der Waals surface area contributed by atoms with Crippen LogP contribution < -0.4 is 0 Å². The highest BCUT2D eigenvalue weighted by atomic mass is 32.2. The number of likely N-dealkylation sites (tertiary alicyclic amines) is 1. The summed E-state index contributed by atoms with van der Waals surface area (Å²) >= 11 is 2.06. The van der Waals surface area contributed by atoms with E-state index >= 15 is 0 Å². The smallest absolute Gasteiger partial charge is 0.244 e. The van der Waals surface area contributed by atoms with Gasteiger partial charge in [-0.1, -0.05) is 29.8 Å². The van der Waals surface area contributed by atoms with Crippen LogP contribution in [-0.2, 0) is 4.79 Å². The van der Waals surface area contributed by atoms with Crippen molar-refractivity contribution in [3.63, 3.8) is 0 Å². The standard InChI is InChI=1S/C20H31N3OS/c1-16-4-6-17(7-5-16)19(21(2)3)20(24)23-10-8-18(9-11-23)22-12-14-25-15-13-22/h4-7,18-19H,8-15H2,1-3H3. The van der Waals surface area contributed by atoms with Crippen LogP contribution in [0.5, 0.6) is 0 Å². The molecular formula is C20H31N3OS. The summed E-state index contributed by atoms with van der Waals surface area (Å²) in [5.74, 6) is 2.77. The van der Waals surface area contributed by atoms with E-state index in [1.165, 1.54) is 30.2 Å². The molecule has 1 aromatic rings. The zero-order valence-corrected chi connectivity index (χ0v) is 16.6. The van der Waals surface area contributed by atoms with Crippen molar-refractivity contribution in [1.29, 1.82) is 0 Å². The van der Waals surface area contributed by atoms with Gasteiger partial charge in [0.25, 0.3) is 0 Å². The van der Waals surface area contributed by atoms with Crippen LogP contribution in [-0.4, -0.2) is 78.4 Å². The fourth-order valence-electron chi connectivity index (χ4n) is 3.98. The number of carbonyl (C=O) groups excluding carboxylic acids is 1. The summed E-state index contributed by atoms with van der Waals surface area (Å²) < 4.78 is 0. The number of aryl methyl sites for hydroxylation is 1. The van der Waals surface area contributed by atoms with Crippen LogP contribution in [0.15, 0.2) is 24.3 Å². The van der Waals surface area contributed by atoms with Crippen molar-refractivity contribution in [3.8, 4) is 0 Å². The fourth-order valence-corrected chi connectivity index (χ4v) is 4.91. The molecule has 1 aromatic carbocycles. The number of amides is 1. The molecule has 3 rings (SSSR count). The van der Waals surface area contributed by atoms with Crippen molar-refractivity contribution in [3.05, 3.63) is 35.4 Å². The Balaban J connectivity index is 1.62. The Morgan fingerprint density at radius 3 is 2.24 bits per heavy atom. The maximum absolute atomic E-state index is 13.2. The first kappa shape index (κ1) is 18.7. The van der Waals surface area contributed by atoms with Gasteiger partial charge in [-0.2, -0.15) is 11.8 Å². The van der Waals surface area contributed by atoms with E-state index in [2.05, 4.69) is 52.8 Å². The molecule has 2 aliphatic rings. The lowest BCUT2D eigenvalue weighted by Crippen LogP contribution is -2.50. The summed E-state index contributed by atoms with van der Waals surface area (Å²) in [6, 6.07) is 8.87. The van der Waals surface area contributed by atoms with Gasteiger partial charge in [-0.25, -0.2) is 0 Å². The molecule has 0 aromatic heterocycles. The van der Waals surface area contributed by atoms with Crippen LogP contribution in [0.2, 0.25) is 0 Å². The van der Waals surface area contributed by atoms with Gasteiger partial charge in [-0.3, -0.25) is 14.6 Å². The Hall–Kier alpha value is -1.04. The Kier molecular flexibility index (Phi) is 6.42. The molecule has 0 radical (unpaired) electrons. The van der Waals surface area contributed by atoms with Gasteiger partial charge in [0.1, 0.15) is 6.04 Å². The first-order valence-electron chi connectivity index (χ1n) is 9.40. The number of carbonyl (C=O) groups is 1. The average Bonchev–Trinajstić information content (AvgIpc) is 2.64. The highest BCUT2D eigenvalue weighted by molar-refractivity contribution is 7.99. The van der Waals surface area contributed by atoms with Gasteiger partial charge in [-0.05, 0) is 39.4 Å². The molecule has 2 heterocycles. The van der Waals surface area contributed by atoms with E-state index in [0.29, 0.717) is 6.04 Å². The minimum Gasteiger partial charge on any atom is -0.341 e. The van der Waals surface area contributed by atoms with E-state index in [1.807, 2.05) is 19.0 Å². The van der Waals surface area contributed by atoms with E-state index in [9.17, 15) is 4.79 Å².